The Morgan fingerprint density at radius 3 is 2.50 bits per heavy atom. The first-order chi connectivity index (χ1) is 9.53. The molecule has 0 aromatic heterocycles. The predicted molar refractivity (Wildman–Crippen MR) is 81.4 cm³/mol. The first-order valence-electron chi connectivity index (χ1n) is 7.40. The van der Waals surface area contributed by atoms with Crippen molar-refractivity contribution in [2.75, 3.05) is 27.2 Å². The summed E-state index contributed by atoms with van der Waals surface area (Å²) < 4.78 is 5.33. The standard InChI is InChI=1S/C17H25NO2/c1-5-16(19)17(8-10-18(3)11-9-17)14-6-7-15(20-4)13(2)12-14/h6-7,12H,5,8-11H2,1-4H3. The number of piperidine rings is 1. The van der Waals surface area contributed by atoms with Gasteiger partial charge in [-0.15, -0.1) is 0 Å². The zero-order valence-electron chi connectivity index (χ0n) is 13.0. The Kier molecular flexibility index (Phi) is 4.48. The fraction of sp³-hybridized carbons (Fsp3) is 0.588. The molecule has 3 nitrogen and oxygen atoms in total. The molecule has 2 rings (SSSR count). The van der Waals surface area contributed by atoms with Gasteiger partial charge in [-0.1, -0.05) is 19.1 Å². The van der Waals surface area contributed by atoms with Crippen molar-refractivity contribution in [2.45, 2.75) is 38.5 Å². The molecule has 0 spiro atoms. The molecule has 0 N–H and O–H groups in total. The van der Waals surface area contributed by atoms with Crippen molar-refractivity contribution in [3.05, 3.63) is 29.3 Å². The van der Waals surface area contributed by atoms with E-state index < -0.39 is 0 Å². The summed E-state index contributed by atoms with van der Waals surface area (Å²) >= 11 is 0. The number of likely N-dealkylation sites (tertiary alicyclic amines) is 1. The van der Waals surface area contributed by atoms with Gasteiger partial charge in [0.1, 0.15) is 11.5 Å². The number of nitrogens with zero attached hydrogens (tertiary/aromatic N) is 1. The molecule has 1 heterocycles. The number of aryl methyl sites for hydroxylation is 1. The molecule has 1 saturated heterocycles. The molecule has 0 atom stereocenters. The summed E-state index contributed by atoms with van der Waals surface area (Å²) in [5.41, 5.74) is 1.97. The highest BCUT2D eigenvalue weighted by atomic mass is 16.5. The minimum atomic E-state index is -0.293. The van der Waals surface area contributed by atoms with Crippen LogP contribution in [0.4, 0.5) is 0 Å². The lowest BCUT2D eigenvalue weighted by molar-refractivity contribution is -0.126. The van der Waals surface area contributed by atoms with Crippen molar-refractivity contribution in [1.82, 2.24) is 4.90 Å². The Morgan fingerprint density at radius 1 is 1.35 bits per heavy atom. The van der Waals surface area contributed by atoms with E-state index in [1.807, 2.05) is 19.9 Å². The van der Waals surface area contributed by atoms with Crippen LogP contribution in [0.15, 0.2) is 18.2 Å². The van der Waals surface area contributed by atoms with Crippen LogP contribution in [0.25, 0.3) is 0 Å². The molecule has 0 radical (unpaired) electrons. The molecule has 1 fully saturated rings. The second kappa shape index (κ2) is 5.96. The lowest BCUT2D eigenvalue weighted by Gasteiger charge is -2.40. The Morgan fingerprint density at radius 2 is 2.00 bits per heavy atom. The number of benzene rings is 1. The molecule has 1 aromatic carbocycles. The number of rotatable bonds is 4. The summed E-state index contributed by atoms with van der Waals surface area (Å²) in [6, 6.07) is 6.20. The molecule has 0 amide bonds. The van der Waals surface area contributed by atoms with Gasteiger partial charge in [0.2, 0.25) is 0 Å². The maximum Gasteiger partial charge on any atom is 0.143 e. The van der Waals surface area contributed by atoms with Crippen molar-refractivity contribution >= 4 is 5.78 Å². The van der Waals surface area contributed by atoms with Crippen LogP contribution in [0, 0.1) is 6.92 Å². The average Bonchev–Trinajstić information content (AvgIpc) is 2.47. The van der Waals surface area contributed by atoms with Gasteiger partial charge in [0.25, 0.3) is 0 Å². The third-order valence-electron chi connectivity index (χ3n) is 4.64. The van der Waals surface area contributed by atoms with Crippen LogP contribution in [0.1, 0.15) is 37.3 Å². The Bertz CT molecular complexity index is 488. The number of hydrogen-bond donors (Lipinski definition) is 0. The quantitative estimate of drug-likeness (QED) is 0.846. The first kappa shape index (κ1) is 15.0. The van der Waals surface area contributed by atoms with Crippen LogP contribution >= 0.6 is 0 Å². The highest BCUT2D eigenvalue weighted by molar-refractivity contribution is 5.90. The smallest absolute Gasteiger partial charge is 0.143 e. The number of Topliss-reactive ketones (excluding diaryl/α,β-unsaturated/α-hetero) is 1. The molecular weight excluding hydrogens is 250 g/mol. The van der Waals surface area contributed by atoms with Gasteiger partial charge < -0.3 is 9.64 Å². The van der Waals surface area contributed by atoms with E-state index in [-0.39, 0.29) is 5.41 Å². The molecule has 20 heavy (non-hydrogen) atoms. The number of carbonyl (C=O) groups is 1. The van der Waals surface area contributed by atoms with Gasteiger partial charge in [0.05, 0.1) is 12.5 Å². The normalized spacial score (nSPS) is 18.8. The highest BCUT2D eigenvalue weighted by Crippen LogP contribution is 2.38. The molecule has 3 heteroatoms. The van der Waals surface area contributed by atoms with Crippen LogP contribution in [0.2, 0.25) is 0 Å². The van der Waals surface area contributed by atoms with Crippen molar-refractivity contribution in [1.29, 1.82) is 0 Å². The number of ether oxygens (including phenoxy) is 1. The third kappa shape index (κ3) is 2.59. The van der Waals surface area contributed by atoms with Crippen molar-refractivity contribution in [2.24, 2.45) is 0 Å². The van der Waals surface area contributed by atoms with Crippen LogP contribution in [0.3, 0.4) is 0 Å². The zero-order chi connectivity index (χ0) is 14.8. The van der Waals surface area contributed by atoms with Gasteiger partial charge >= 0.3 is 0 Å². The van der Waals surface area contributed by atoms with E-state index in [1.54, 1.807) is 7.11 Å². The van der Waals surface area contributed by atoms with Crippen LogP contribution in [-0.4, -0.2) is 37.9 Å². The fourth-order valence-electron chi connectivity index (χ4n) is 3.24. The first-order valence-corrected chi connectivity index (χ1v) is 7.40. The van der Waals surface area contributed by atoms with E-state index in [1.165, 1.54) is 0 Å². The largest absolute Gasteiger partial charge is 0.496 e. The summed E-state index contributed by atoms with van der Waals surface area (Å²) in [6.45, 7) is 5.98. The van der Waals surface area contributed by atoms with E-state index in [0.717, 1.165) is 42.8 Å². The van der Waals surface area contributed by atoms with Gasteiger partial charge in [-0.05, 0) is 57.1 Å². The number of ketones is 1. The van der Waals surface area contributed by atoms with Crippen molar-refractivity contribution in [3.8, 4) is 5.75 Å². The number of methoxy groups -OCH3 is 1. The van der Waals surface area contributed by atoms with E-state index >= 15 is 0 Å². The van der Waals surface area contributed by atoms with E-state index in [9.17, 15) is 4.79 Å². The number of carbonyl (C=O) groups excluding carboxylic acids is 1. The van der Waals surface area contributed by atoms with Crippen molar-refractivity contribution in [3.63, 3.8) is 0 Å². The minimum absolute atomic E-state index is 0.293. The molecule has 110 valence electrons. The van der Waals surface area contributed by atoms with Gasteiger partial charge in [-0.3, -0.25) is 4.79 Å². The molecule has 0 aliphatic carbocycles. The minimum Gasteiger partial charge on any atom is -0.496 e. The van der Waals surface area contributed by atoms with E-state index in [2.05, 4.69) is 24.1 Å². The Labute approximate surface area is 121 Å². The molecule has 0 saturated carbocycles. The zero-order valence-corrected chi connectivity index (χ0v) is 13.0. The van der Waals surface area contributed by atoms with E-state index in [4.69, 9.17) is 4.74 Å². The summed E-state index contributed by atoms with van der Waals surface area (Å²) in [5.74, 6) is 1.26. The maximum absolute atomic E-state index is 12.6. The topological polar surface area (TPSA) is 29.5 Å². The van der Waals surface area contributed by atoms with Gasteiger partial charge in [0.15, 0.2) is 0 Å². The number of hydrogen-bond acceptors (Lipinski definition) is 3. The molecular formula is C17H25NO2. The summed E-state index contributed by atoms with van der Waals surface area (Å²) in [4.78, 5) is 14.9. The van der Waals surface area contributed by atoms with Gasteiger partial charge in [0, 0.05) is 6.42 Å². The molecule has 1 aromatic rings. The monoisotopic (exact) mass is 275 g/mol. The molecule has 1 aliphatic rings. The lowest BCUT2D eigenvalue weighted by atomic mass is 9.69. The van der Waals surface area contributed by atoms with E-state index in [0.29, 0.717) is 12.2 Å². The Balaban J connectivity index is 2.41. The fourth-order valence-corrected chi connectivity index (χ4v) is 3.24. The molecule has 0 bridgehead atoms. The second-order valence-electron chi connectivity index (χ2n) is 5.85. The lowest BCUT2D eigenvalue weighted by Crippen LogP contribution is -2.46. The molecule has 0 unspecified atom stereocenters. The average molecular weight is 275 g/mol. The SMILES string of the molecule is CCC(=O)C1(c2ccc(OC)c(C)c2)CCN(C)CC1. The van der Waals surface area contributed by atoms with Crippen LogP contribution < -0.4 is 4.74 Å². The summed E-state index contributed by atoms with van der Waals surface area (Å²) in [6.07, 6.45) is 2.44. The molecule has 1 aliphatic heterocycles. The second-order valence-corrected chi connectivity index (χ2v) is 5.85. The summed E-state index contributed by atoms with van der Waals surface area (Å²) in [7, 11) is 3.81. The predicted octanol–water partition coefficient (Wildman–Crippen LogP) is 2.95. The van der Waals surface area contributed by atoms with Gasteiger partial charge in [-0.2, -0.15) is 0 Å². The van der Waals surface area contributed by atoms with Crippen LogP contribution in [-0.2, 0) is 10.2 Å². The highest BCUT2D eigenvalue weighted by Gasteiger charge is 2.41. The maximum atomic E-state index is 12.6. The Hall–Kier alpha value is -1.35. The third-order valence-corrected chi connectivity index (χ3v) is 4.64. The summed E-state index contributed by atoms with van der Waals surface area (Å²) in [5, 5.41) is 0. The van der Waals surface area contributed by atoms with Crippen molar-refractivity contribution < 1.29 is 9.53 Å². The van der Waals surface area contributed by atoms with Gasteiger partial charge in [-0.25, -0.2) is 0 Å². The van der Waals surface area contributed by atoms with Crippen LogP contribution in [0.5, 0.6) is 5.75 Å².